The van der Waals surface area contributed by atoms with Gasteiger partial charge in [-0.2, -0.15) is 0 Å². The molecule has 0 aromatic heterocycles. The first-order valence-corrected chi connectivity index (χ1v) is 10.3. The summed E-state index contributed by atoms with van der Waals surface area (Å²) in [5.41, 5.74) is 4.00. The molecule has 0 aliphatic carbocycles. The molecule has 1 fully saturated rings. The van der Waals surface area contributed by atoms with Crippen molar-refractivity contribution in [3.63, 3.8) is 0 Å². The van der Waals surface area contributed by atoms with Crippen molar-refractivity contribution in [1.82, 2.24) is 5.32 Å². The Balaban J connectivity index is 1.78. The number of hydrogen-bond donors (Lipinski definition) is 1. The number of thioether (sulfide) groups is 1. The van der Waals surface area contributed by atoms with Crippen LogP contribution in [-0.2, 0) is 4.79 Å². The van der Waals surface area contributed by atoms with E-state index in [1.807, 2.05) is 70.2 Å². The molecule has 0 spiro atoms. The number of aryl methyl sites for hydroxylation is 2. The third-order valence-electron chi connectivity index (χ3n) is 3.85. The number of nitrogens with zero attached hydrogens (tertiary/aromatic N) is 1. The Morgan fingerprint density at radius 3 is 2.37 bits per heavy atom. The highest BCUT2D eigenvalue weighted by Gasteiger charge is 2.23. The number of carbonyl (C=O) groups excluding carboxylic acids is 1. The number of amides is 1. The van der Waals surface area contributed by atoms with Crippen molar-refractivity contribution in [2.45, 2.75) is 33.8 Å². The predicted molar refractivity (Wildman–Crippen MR) is 117 cm³/mol. The molecule has 1 amide bonds. The molecule has 4 nitrogen and oxygen atoms in total. The second-order valence-corrected chi connectivity index (χ2v) is 8.43. The lowest BCUT2D eigenvalue weighted by Gasteiger charge is -2.09. The van der Waals surface area contributed by atoms with Gasteiger partial charge in [-0.05, 0) is 86.5 Å². The largest absolute Gasteiger partial charge is 0.491 e. The molecule has 1 aliphatic rings. The summed E-state index contributed by atoms with van der Waals surface area (Å²) in [5.74, 6) is 0.686. The third kappa shape index (κ3) is 5.02. The Morgan fingerprint density at radius 2 is 1.78 bits per heavy atom. The van der Waals surface area contributed by atoms with Crippen LogP contribution in [0.4, 0.5) is 5.69 Å². The smallest absolute Gasteiger partial charge is 0.264 e. The van der Waals surface area contributed by atoms with Crippen molar-refractivity contribution in [3.8, 4) is 5.75 Å². The molecule has 0 radical (unpaired) electrons. The molecule has 0 atom stereocenters. The van der Waals surface area contributed by atoms with Gasteiger partial charge in [0.25, 0.3) is 5.91 Å². The Morgan fingerprint density at radius 1 is 1.15 bits per heavy atom. The molecule has 0 unspecified atom stereocenters. The van der Waals surface area contributed by atoms with Crippen molar-refractivity contribution in [2.75, 3.05) is 0 Å². The summed E-state index contributed by atoms with van der Waals surface area (Å²) in [4.78, 5) is 17.5. The van der Waals surface area contributed by atoms with E-state index in [9.17, 15) is 4.79 Å². The topological polar surface area (TPSA) is 50.7 Å². The van der Waals surface area contributed by atoms with Crippen molar-refractivity contribution in [1.29, 1.82) is 0 Å². The standard InChI is InChI=1S/C21H21BrN2O2S/c1-12(2)26-17-7-5-15(6-8-17)11-18-20(25)24-21(27-18)23-16-9-13(3)19(22)14(4)10-16/h5-12H,1-4H3,(H,23,24,25)/b18-11-. The third-order valence-corrected chi connectivity index (χ3v) is 6.01. The van der Waals surface area contributed by atoms with Crippen LogP contribution in [0.1, 0.15) is 30.5 Å². The van der Waals surface area contributed by atoms with E-state index in [0.29, 0.717) is 10.1 Å². The van der Waals surface area contributed by atoms with Gasteiger partial charge in [-0.15, -0.1) is 0 Å². The summed E-state index contributed by atoms with van der Waals surface area (Å²) in [7, 11) is 0. The van der Waals surface area contributed by atoms with E-state index >= 15 is 0 Å². The number of rotatable bonds is 4. The molecule has 0 saturated carbocycles. The molecule has 1 heterocycles. The summed E-state index contributed by atoms with van der Waals surface area (Å²) < 4.78 is 6.73. The minimum absolute atomic E-state index is 0.133. The minimum atomic E-state index is -0.133. The van der Waals surface area contributed by atoms with E-state index in [4.69, 9.17) is 4.74 Å². The second kappa shape index (κ2) is 8.31. The maximum absolute atomic E-state index is 12.3. The molecule has 2 aromatic rings. The number of nitrogens with one attached hydrogen (secondary N) is 1. The highest BCUT2D eigenvalue weighted by atomic mass is 79.9. The zero-order valence-electron chi connectivity index (χ0n) is 15.7. The predicted octanol–water partition coefficient (Wildman–Crippen LogP) is 5.74. The second-order valence-electron chi connectivity index (χ2n) is 6.61. The first-order chi connectivity index (χ1) is 12.8. The van der Waals surface area contributed by atoms with Crippen molar-refractivity contribution in [2.24, 2.45) is 4.99 Å². The van der Waals surface area contributed by atoms with Gasteiger partial charge in [-0.3, -0.25) is 4.79 Å². The van der Waals surface area contributed by atoms with Crippen LogP contribution in [0.15, 0.2) is 50.8 Å². The molecule has 3 rings (SSSR count). The fourth-order valence-corrected chi connectivity index (χ4v) is 3.72. The number of halogens is 1. The summed E-state index contributed by atoms with van der Waals surface area (Å²) in [6, 6.07) is 11.7. The van der Waals surface area contributed by atoms with Crippen molar-refractivity contribution in [3.05, 3.63) is 62.5 Å². The molecular weight excluding hydrogens is 424 g/mol. The van der Waals surface area contributed by atoms with Crippen LogP contribution in [0, 0.1) is 13.8 Å². The number of carbonyl (C=O) groups is 1. The summed E-state index contributed by atoms with van der Waals surface area (Å²) >= 11 is 4.91. The number of ether oxygens (including phenoxy) is 1. The number of aliphatic imine (C=N–C) groups is 1. The molecule has 27 heavy (non-hydrogen) atoms. The minimum Gasteiger partial charge on any atom is -0.491 e. The fraction of sp³-hybridized carbons (Fsp3) is 0.238. The quantitative estimate of drug-likeness (QED) is 0.611. The van der Waals surface area contributed by atoms with Crippen molar-refractivity contribution >= 4 is 50.5 Å². The van der Waals surface area contributed by atoms with E-state index in [1.165, 1.54) is 11.8 Å². The van der Waals surface area contributed by atoms with Crippen LogP contribution < -0.4 is 10.1 Å². The Labute approximate surface area is 172 Å². The van der Waals surface area contributed by atoms with Crippen LogP contribution in [0.5, 0.6) is 5.75 Å². The first-order valence-electron chi connectivity index (χ1n) is 8.65. The molecular formula is C21H21BrN2O2S. The molecule has 0 bridgehead atoms. The average Bonchev–Trinajstić information content (AvgIpc) is 2.93. The van der Waals surface area contributed by atoms with Crippen LogP contribution in [0.2, 0.25) is 0 Å². The molecule has 1 saturated heterocycles. The Kier molecular flexibility index (Phi) is 6.07. The maximum atomic E-state index is 12.3. The van der Waals surface area contributed by atoms with Gasteiger partial charge in [0.15, 0.2) is 5.17 Å². The number of benzene rings is 2. The van der Waals surface area contributed by atoms with Gasteiger partial charge in [0.05, 0.1) is 16.7 Å². The summed E-state index contributed by atoms with van der Waals surface area (Å²) in [5, 5.41) is 3.42. The van der Waals surface area contributed by atoms with Gasteiger partial charge < -0.3 is 10.1 Å². The lowest BCUT2D eigenvalue weighted by Crippen LogP contribution is -2.19. The molecule has 140 valence electrons. The van der Waals surface area contributed by atoms with Gasteiger partial charge in [0, 0.05) is 4.47 Å². The fourth-order valence-electron chi connectivity index (χ4n) is 2.65. The van der Waals surface area contributed by atoms with Crippen molar-refractivity contribution < 1.29 is 9.53 Å². The molecule has 2 aromatic carbocycles. The molecule has 1 N–H and O–H groups in total. The first kappa shape index (κ1) is 19.7. The van der Waals surface area contributed by atoms with Gasteiger partial charge in [0.1, 0.15) is 5.75 Å². The van der Waals surface area contributed by atoms with Crippen LogP contribution in [0.3, 0.4) is 0 Å². The Hall–Kier alpha value is -2.05. The van der Waals surface area contributed by atoms with Gasteiger partial charge in [-0.1, -0.05) is 28.1 Å². The van der Waals surface area contributed by atoms with E-state index in [1.54, 1.807) is 0 Å². The summed E-state index contributed by atoms with van der Waals surface area (Å²) in [6.45, 7) is 8.04. The normalized spacial score (nSPS) is 17.0. The van der Waals surface area contributed by atoms with Gasteiger partial charge in [0.2, 0.25) is 0 Å². The van der Waals surface area contributed by atoms with Crippen LogP contribution in [0.25, 0.3) is 6.08 Å². The zero-order valence-corrected chi connectivity index (χ0v) is 18.1. The van der Waals surface area contributed by atoms with Crippen LogP contribution in [-0.4, -0.2) is 17.2 Å². The van der Waals surface area contributed by atoms with Crippen LogP contribution >= 0.6 is 27.7 Å². The maximum Gasteiger partial charge on any atom is 0.264 e. The Bertz CT molecular complexity index is 911. The lowest BCUT2D eigenvalue weighted by molar-refractivity contribution is -0.115. The highest BCUT2D eigenvalue weighted by Crippen LogP contribution is 2.31. The molecule has 1 aliphatic heterocycles. The SMILES string of the molecule is Cc1cc(N=C2NC(=O)/C(=C/c3ccc(OC(C)C)cc3)S2)cc(C)c1Br. The van der Waals surface area contributed by atoms with E-state index < -0.39 is 0 Å². The van der Waals surface area contributed by atoms with E-state index in [2.05, 4.69) is 26.2 Å². The lowest BCUT2D eigenvalue weighted by atomic mass is 10.1. The number of amidine groups is 1. The molecule has 6 heteroatoms. The highest BCUT2D eigenvalue weighted by molar-refractivity contribution is 9.10. The van der Waals surface area contributed by atoms with Gasteiger partial charge >= 0.3 is 0 Å². The monoisotopic (exact) mass is 444 g/mol. The average molecular weight is 445 g/mol. The van der Waals surface area contributed by atoms with Gasteiger partial charge in [-0.25, -0.2) is 4.99 Å². The van der Waals surface area contributed by atoms with E-state index in [0.717, 1.165) is 32.6 Å². The number of hydrogen-bond acceptors (Lipinski definition) is 4. The summed E-state index contributed by atoms with van der Waals surface area (Å²) in [6.07, 6.45) is 2.00. The zero-order chi connectivity index (χ0) is 19.6. The van der Waals surface area contributed by atoms with E-state index in [-0.39, 0.29) is 12.0 Å².